The smallest absolute Gasteiger partial charge is 0.236 e. The topological polar surface area (TPSA) is 54.9 Å². The van der Waals surface area contributed by atoms with E-state index < -0.39 is 0 Å². The van der Waals surface area contributed by atoms with Crippen molar-refractivity contribution >= 4 is 55.3 Å². The number of pyridine rings is 1. The fraction of sp³-hybridized carbons (Fsp3) is 0.0556. The van der Waals surface area contributed by atoms with Crippen molar-refractivity contribution in [2.24, 2.45) is 0 Å². The second-order valence-corrected chi connectivity index (χ2v) is 7.34. The van der Waals surface area contributed by atoms with Crippen molar-refractivity contribution in [3.05, 3.63) is 60.4 Å². The monoisotopic (exact) mass is 369 g/mol. The molecular formula is C18H12FN3OS2. The average molecular weight is 369 g/mol. The van der Waals surface area contributed by atoms with Crippen LogP contribution in [0.1, 0.15) is 0 Å². The molecule has 4 rings (SSSR count). The Morgan fingerprint density at radius 3 is 2.88 bits per heavy atom. The molecule has 2 heterocycles. The summed E-state index contributed by atoms with van der Waals surface area (Å²) < 4.78 is 13.9. The largest absolute Gasteiger partial charge is 0.301 e. The summed E-state index contributed by atoms with van der Waals surface area (Å²) in [5, 5.41) is 5.09. The Balaban J connectivity index is 1.42. The molecule has 0 aliphatic rings. The summed E-state index contributed by atoms with van der Waals surface area (Å²) in [5.41, 5.74) is 1.58. The molecule has 124 valence electrons. The van der Waals surface area contributed by atoms with Gasteiger partial charge in [-0.1, -0.05) is 47.4 Å². The van der Waals surface area contributed by atoms with Gasteiger partial charge in [-0.05, 0) is 30.3 Å². The van der Waals surface area contributed by atoms with Gasteiger partial charge in [-0.3, -0.25) is 4.79 Å². The maximum Gasteiger partial charge on any atom is 0.236 e. The highest BCUT2D eigenvalue weighted by Gasteiger charge is 2.09. The second-order valence-electron chi connectivity index (χ2n) is 5.31. The normalized spacial score (nSPS) is 11.1. The van der Waals surface area contributed by atoms with E-state index in [0.29, 0.717) is 15.3 Å². The van der Waals surface area contributed by atoms with Crippen LogP contribution in [0.3, 0.4) is 0 Å². The van der Waals surface area contributed by atoms with Crippen molar-refractivity contribution < 1.29 is 9.18 Å². The molecule has 2 aromatic carbocycles. The predicted molar refractivity (Wildman–Crippen MR) is 101 cm³/mol. The van der Waals surface area contributed by atoms with Gasteiger partial charge < -0.3 is 5.32 Å². The van der Waals surface area contributed by atoms with Crippen LogP contribution in [0.5, 0.6) is 0 Å². The van der Waals surface area contributed by atoms with E-state index in [1.807, 2.05) is 36.4 Å². The summed E-state index contributed by atoms with van der Waals surface area (Å²) in [5.74, 6) is -0.248. The van der Waals surface area contributed by atoms with E-state index in [-0.39, 0.29) is 17.5 Å². The first-order chi connectivity index (χ1) is 12.2. The molecule has 0 bridgehead atoms. The minimum absolute atomic E-state index is 0.167. The Morgan fingerprint density at radius 1 is 1.08 bits per heavy atom. The number of para-hydroxylation sites is 1. The van der Waals surface area contributed by atoms with Crippen LogP contribution in [0.15, 0.2) is 59.6 Å². The Hall–Kier alpha value is -2.51. The fourth-order valence-corrected chi connectivity index (χ4v) is 3.96. The highest BCUT2D eigenvalue weighted by molar-refractivity contribution is 7.99. The number of thioether (sulfide) groups is 1. The molecule has 0 saturated heterocycles. The molecule has 0 spiro atoms. The molecule has 0 aliphatic carbocycles. The summed E-state index contributed by atoms with van der Waals surface area (Å²) in [7, 11) is 0. The second kappa shape index (κ2) is 6.78. The predicted octanol–water partition coefficient (Wildman–Crippen LogP) is 4.71. The average Bonchev–Trinajstić information content (AvgIpc) is 3.01. The van der Waals surface area contributed by atoms with E-state index in [1.165, 1.54) is 35.2 Å². The van der Waals surface area contributed by atoms with Crippen LogP contribution in [0.25, 0.3) is 21.1 Å². The number of anilines is 1. The zero-order valence-corrected chi connectivity index (χ0v) is 14.5. The van der Waals surface area contributed by atoms with Gasteiger partial charge in [-0.25, -0.2) is 14.4 Å². The molecule has 0 atom stereocenters. The number of rotatable bonds is 4. The number of carbonyl (C=O) groups is 1. The lowest BCUT2D eigenvalue weighted by molar-refractivity contribution is -0.113. The lowest BCUT2D eigenvalue weighted by atomic mass is 10.2. The van der Waals surface area contributed by atoms with Gasteiger partial charge in [-0.2, -0.15) is 0 Å². The molecule has 25 heavy (non-hydrogen) atoms. The van der Waals surface area contributed by atoms with Crippen molar-refractivity contribution in [1.29, 1.82) is 0 Å². The van der Waals surface area contributed by atoms with Crippen LogP contribution in [-0.4, -0.2) is 21.6 Å². The number of aromatic nitrogens is 2. The van der Waals surface area contributed by atoms with Crippen LogP contribution in [-0.2, 0) is 4.79 Å². The van der Waals surface area contributed by atoms with Gasteiger partial charge in [-0.15, -0.1) is 0 Å². The SMILES string of the molecule is O=C(CSc1ccc2ccccc2n1)Nc1nc2ccc(F)cc2s1. The number of hydrogen-bond donors (Lipinski definition) is 1. The molecule has 4 nitrogen and oxygen atoms in total. The van der Waals surface area contributed by atoms with Crippen LogP contribution >= 0.6 is 23.1 Å². The lowest BCUT2D eigenvalue weighted by Gasteiger charge is -2.03. The highest BCUT2D eigenvalue weighted by atomic mass is 32.2. The first-order valence-electron chi connectivity index (χ1n) is 7.52. The maximum atomic E-state index is 13.2. The van der Waals surface area contributed by atoms with Gasteiger partial charge in [0.05, 0.1) is 26.5 Å². The van der Waals surface area contributed by atoms with Crippen LogP contribution in [0, 0.1) is 5.82 Å². The minimum Gasteiger partial charge on any atom is -0.301 e. The zero-order valence-electron chi connectivity index (χ0n) is 12.9. The molecule has 0 saturated carbocycles. The van der Waals surface area contributed by atoms with Crippen LogP contribution in [0.4, 0.5) is 9.52 Å². The number of fused-ring (bicyclic) bond motifs is 2. The Kier molecular flexibility index (Phi) is 4.33. The molecule has 1 amide bonds. The van der Waals surface area contributed by atoms with Gasteiger partial charge >= 0.3 is 0 Å². The fourth-order valence-electron chi connectivity index (χ4n) is 2.37. The lowest BCUT2D eigenvalue weighted by Crippen LogP contribution is -2.13. The number of nitrogens with zero attached hydrogens (tertiary/aromatic N) is 2. The highest BCUT2D eigenvalue weighted by Crippen LogP contribution is 2.27. The van der Waals surface area contributed by atoms with E-state index in [2.05, 4.69) is 15.3 Å². The van der Waals surface area contributed by atoms with Gasteiger partial charge in [0.2, 0.25) is 5.91 Å². The Morgan fingerprint density at radius 2 is 1.96 bits per heavy atom. The van der Waals surface area contributed by atoms with Crippen molar-refractivity contribution in [3.8, 4) is 0 Å². The van der Waals surface area contributed by atoms with Crippen molar-refractivity contribution in [2.75, 3.05) is 11.1 Å². The number of halogens is 1. The van der Waals surface area contributed by atoms with Crippen LogP contribution in [0.2, 0.25) is 0 Å². The molecular weight excluding hydrogens is 357 g/mol. The maximum absolute atomic E-state index is 13.2. The molecule has 7 heteroatoms. The molecule has 1 N–H and O–H groups in total. The first kappa shape index (κ1) is 16.0. The molecule has 0 unspecified atom stereocenters. The Bertz CT molecular complexity index is 1080. The van der Waals surface area contributed by atoms with Crippen molar-refractivity contribution in [2.45, 2.75) is 5.03 Å². The number of nitrogens with one attached hydrogen (secondary N) is 1. The quantitative estimate of drug-likeness (QED) is 0.529. The van der Waals surface area contributed by atoms with E-state index in [1.54, 1.807) is 6.07 Å². The third kappa shape index (κ3) is 3.62. The number of hydrogen-bond acceptors (Lipinski definition) is 5. The third-order valence-electron chi connectivity index (χ3n) is 3.52. The number of carbonyl (C=O) groups excluding carboxylic acids is 1. The van der Waals surface area contributed by atoms with Gasteiger partial charge in [0.15, 0.2) is 5.13 Å². The van der Waals surface area contributed by atoms with Crippen molar-refractivity contribution in [1.82, 2.24) is 9.97 Å². The van der Waals surface area contributed by atoms with E-state index in [0.717, 1.165) is 15.9 Å². The number of thiazole rings is 1. The number of amides is 1. The Labute approximate surface area is 151 Å². The van der Waals surface area contributed by atoms with Crippen molar-refractivity contribution in [3.63, 3.8) is 0 Å². The van der Waals surface area contributed by atoms with Gasteiger partial charge in [0.25, 0.3) is 0 Å². The summed E-state index contributed by atoms with van der Waals surface area (Å²) in [4.78, 5) is 20.9. The van der Waals surface area contributed by atoms with Crippen LogP contribution < -0.4 is 5.32 Å². The van der Waals surface area contributed by atoms with Gasteiger partial charge in [0.1, 0.15) is 5.82 Å². The standard InChI is InChI=1S/C18H12FN3OS2/c19-12-6-7-14-15(9-12)25-18(21-14)22-16(23)10-24-17-8-5-11-3-1-2-4-13(11)20-17/h1-9H,10H2,(H,21,22,23). The first-order valence-corrected chi connectivity index (χ1v) is 9.32. The molecule has 0 radical (unpaired) electrons. The van der Waals surface area contributed by atoms with Gasteiger partial charge in [0, 0.05) is 5.39 Å². The zero-order chi connectivity index (χ0) is 17.2. The van der Waals surface area contributed by atoms with E-state index in [4.69, 9.17) is 0 Å². The van der Waals surface area contributed by atoms with E-state index in [9.17, 15) is 9.18 Å². The molecule has 0 aliphatic heterocycles. The van der Waals surface area contributed by atoms with E-state index >= 15 is 0 Å². The summed E-state index contributed by atoms with van der Waals surface area (Å²) >= 11 is 2.62. The summed E-state index contributed by atoms with van der Waals surface area (Å²) in [6, 6.07) is 16.1. The number of benzene rings is 2. The molecule has 2 aromatic heterocycles. The summed E-state index contributed by atoms with van der Waals surface area (Å²) in [6.07, 6.45) is 0. The summed E-state index contributed by atoms with van der Waals surface area (Å²) in [6.45, 7) is 0. The minimum atomic E-state index is -0.313. The molecule has 0 fully saturated rings. The molecule has 4 aromatic rings. The third-order valence-corrected chi connectivity index (χ3v) is 5.38.